The van der Waals surface area contributed by atoms with Gasteiger partial charge in [-0.05, 0) is 47.9 Å². The third kappa shape index (κ3) is 5.60. The van der Waals surface area contributed by atoms with Crippen molar-refractivity contribution in [1.29, 1.82) is 0 Å². The third-order valence-electron chi connectivity index (χ3n) is 5.50. The van der Waals surface area contributed by atoms with Crippen molar-refractivity contribution in [3.63, 3.8) is 0 Å². The van der Waals surface area contributed by atoms with Crippen LogP contribution in [-0.2, 0) is 17.8 Å². The zero-order valence-electron chi connectivity index (χ0n) is 18.6. The summed E-state index contributed by atoms with van der Waals surface area (Å²) in [5.74, 6) is 0.498. The second-order valence-corrected chi connectivity index (χ2v) is 8.39. The Morgan fingerprint density at radius 3 is 2.58 bits per heavy atom. The van der Waals surface area contributed by atoms with E-state index in [2.05, 4.69) is 16.6 Å². The quantitative estimate of drug-likeness (QED) is 0.259. The summed E-state index contributed by atoms with van der Waals surface area (Å²) in [6.07, 6.45) is 1.92. The van der Waals surface area contributed by atoms with E-state index < -0.39 is 0 Å². The highest BCUT2D eigenvalue weighted by atomic mass is 35.5. The Morgan fingerprint density at radius 2 is 1.76 bits per heavy atom. The van der Waals surface area contributed by atoms with Gasteiger partial charge in [0.2, 0.25) is 5.91 Å². The van der Waals surface area contributed by atoms with Crippen molar-refractivity contribution in [3.05, 3.63) is 112 Å². The van der Waals surface area contributed by atoms with Gasteiger partial charge in [0.15, 0.2) is 0 Å². The first-order valence-electron chi connectivity index (χ1n) is 10.8. The van der Waals surface area contributed by atoms with Gasteiger partial charge in [-0.1, -0.05) is 83.9 Å². The smallest absolute Gasteiger partial charge is 0.244 e. The van der Waals surface area contributed by atoms with Crippen LogP contribution in [0.15, 0.2) is 84.0 Å². The third-order valence-corrected chi connectivity index (χ3v) is 5.87. The molecule has 33 heavy (non-hydrogen) atoms. The number of benzene rings is 4. The lowest BCUT2D eigenvalue weighted by atomic mass is 10.0. The van der Waals surface area contributed by atoms with Crippen molar-refractivity contribution in [2.75, 3.05) is 0 Å². The first-order valence-corrected chi connectivity index (χ1v) is 11.1. The van der Waals surface area contributed by atoms with Crippen molar-refractivity contribution < 1.29 is 9.53 Å². The number of rotatable bonds is 7. The summed E-state index contributed by atoms with van der Waals surface area (Å²) in [4.78, 5) is 12.5. The maximum Gasteiger partial charge on any atom is 0.244 e. The average Bonchev–Trinajstić information content (AvgIpc) is 2.81. The predicted octanol–water partition coefficient (Wildman–Crippen LogP) is 6.38. The highest BCUT2D eigenvalue weighted by Crippen LogP contribution is 2.28. The van der Waals surface area contributed by atoms with Gasteiger partial charge in [0.05, 0.1) is 12.6 Å². The number of aryl methyl sites for hydroxylation is 2. The monoisotopic (exact) mass is 456 g/mol. The number of hydrogen-bond donors (Lipinski definition) is 1. The lowest BCUT2D eigenvalue weighted by Gasteiger charge is -2.12. The zero-order valence-corrected chi connectivity index (χ0v) is 19.4. The number of hydrogen-bond acceptors (Lipinski definition) is 3. The number of carbonyl (C=O) groups is 1. The molecule has 0 aliphatic heterocycles. The molecule has 5 heteroatoms. The molecule has 0 spiro atoms. The number of amides is 1. The fraction of sp³-hybridized carbons (Fsp3) is 0.143. The molecule has 0 fully saturated rings. The van der Waals surface area contributed by atoms with E-state index in [0.29, 0.717) is 17.4 Å². The van der Waals surface area contributed by atoms with E-state index in [-0.39, 0.29) is 12.3 Å². The average molecular weight is 457 g/mol. The number of hydrazone groups is 1. The number of nitrogens with one attached hydrogen (secondary N) is 1. The van der Waals surface area contributed by atoms with Crippen LogP contribution in [0.5, 0.6) is 5.75 Å². The molecule has 4 aromatic carbocycles. The van der Waals surface area contributed by atoms with Gasteiger partial charge in [-0.15, -0.1) is 0 Å². The second-order valence-electron chi connectivity index (χ2n) is 7.98. The van der Waals surface area contributed by atoms with Crippen LogP contribution in [-0.4, -0.2) is 12.1 Å². The molecular formula is C28H25ClN2O2. The Kier molecular flexibility index (Phi) is 7.06. The van der Waals surface area contributed by atoms with Crippen molar-refractivity contribution in [3.8, 4) is 5.75 Å². The number of carbonyl (C=O) groups excluding carboxylic acids is 1. The van der Waals surface area contributed by atoms with Crippen LogP contribution in [0.2, 0.25) is 5.02 Å². The van der Waals surface area contributed by atoms with E-state index in [9.17, 15) is 4.79 Å². The molecule has 1 amide bonds. The van der Waals surface area contributed by atoms with Crippen LogP contribution in [0, 0.1) is 13.8 Å². The van der Waals surface area contributed by atoms with Gasteiger partial charge >= 0.3 is 0 Å². The molecule has 4 aromatic rings. The minimum atomic E-state index is -0.169. The first kappa shape index (κ1) is 22.6. The van der Waals surface area contributed by atoms with Crippen LogP contribution >= 0.6 is 11.6 Å². The fourth-order valence-electron chi connectivity index (χ4n) is 3.73. The molecule has 0 aliphatic rings. The van der Waals surface area contributed by atoms with E-state index in [1.54, 1.807) is 6.21 Å². The van der Waals surface area contributed by atoms with E-state index in [1.165, 1.54) is 5.56 Å². The maximum atomic E-state index is 12.5. The minimum Gasteiger partial charge on any atom is -0.488 e. The zero-order chi connectivity index (χ0) is 23.2. The largest absolute Gasteiger partial charge is 0.488 e. The van der Waals surface area contributed by atoms with Crippen molar-refractivity contribution >= 4 is 34.5 Å². The Hall–Kier alpha value is -3.63. The predicted molar refractivity (Wildman–Crippen MR) is 135 cm³/mol. The van der Waals surface area contributed by atoms with Gasteiger partial charge in [0.25, 0.3) is 0 Å². The minimum absolute atomic E-state index is 0.169. The van der Waals surface area contributed by atoms with Gasteiger partial charge in [-0.3, -0.25) is 4.79 Å². The fourth-order valence-corrected chi connectivity index (χ4v) is 3.92. The van der Waals surface area contributed by atoms with Gasteiger partial charge in [-0.25, -0.2) is 5.43 Å². The molecule has 0 saturated heterocycles. The Morgan fingerprint density at radius 1 is 0.970 bits per heavy atom. The summed E-state index contributed by atoms with van der Waals surface area (Å²) in [7, 11) is 0. The molecule has 0 heterocycles. The van der Waals surface area contributed by atoms with E-state index in [1.807, 2.05) is 86.6 Å². The lowest BCUT2D eigenvalue weighted by molar-refractivity contribution is -0.120. The number of ether oxygens (including phenoxy) is 1. The summed E-state index contributed by atoms with van der Waals surface area (Å²) in [5.41, 5.74) is 7.61. The van der Waals surface area contributed by atoms with Gasteiger partial charge in [0, 0.05) is 16.1 Å². The molecule has 0 aromatic heterocycles. The van der Waals surface area contributed by atoms with Crippen molar-refractivity contribution in [2.45, 2.75) is 26.9 Å². The summed E-state index contributed by atoms with van der Waals surface area (Å²) in [6, 6.07) is 25.6. The molecule has 1 N–H and O–H groups in total. The number of nitrogens with zero attached hydrogens (tertiary/aromatic N) is 1. The Labute approximate surface area is 198 Å². The van der Waals surface area contributed by atoms with Crippen molar-refractivity contribution in [1.82, 2.24) is 5.43 Å². The van der Waals surface area contributed by atoms with Crippen LogP contribution in [0.25, 0.3) is 10.8 Å². The normalized spacial score (nSPS) is 11.1. The van der Waals surface area contributed by atoms with Crippen LogP contribution in [0.3, 0.4) is 0 Å². The highest BCUT2D eigenvalue weighted by Gasteiger charge is 2.10. The lowest BCUT2D eigenvalue weighted by Crippen LogP contribution is -2.20. The highest BCUT2D eigenvalue weighted by molar-refractivity contribution is 6.31. The molecule has 0 radical (unpaired) electrons. The summed E-state index contributed by atoms with van der Waals surface area (Å²) in [6.45, 7) is 4.38. The topological polar surface area (TPSA) is 50.7 Å². The van der Waals surface area contributed by atoms with Crippen molar-refractivity contribution in [2.24, 2.45) is 5.10 Å². The maximum absolute atomic E-state index is 12.5. The van der Waals surface area contributed by atoms with Gasteiger partial charge in [0.1, 0.15) is 12.4 Å². The van der Waals surface area contributed by atoms with E-state index in [4.69, 9.17) is 16.3 Å². The van der Waals surface area contributed by atoms with Crippen LogP contribution in [0.1, 0.15) is 27.8 Å². The molecule has 4 nitrogen and oxygen atoms in total. The van der Waals surface area contributed by atoms with Gasteiger partial charge < -0.3 is 4.74 Å². The molecule has 0 aliphatic carbocycles. The summed E-state index contributed by atoms with van der Waals surface area (Å²) in [5, 5.41) is 6.95. The number of fused-ring (bicyclic) bond motifs is 1. The molecule has 0 atom stereocenters. The molecule has 166 valence electrons. The van der Waals surface area contributed by atoms with E-state index in [0.717, 1.165) is 33.0 Å². The molecule has 0 saturated carbocycles. The second kappa shape index (κ2) is 10.3. The SMILES string of the molecule is Cc1ccc(CC(=O)N/N=C\c2c(OCc3ccccc3Cl)ccc3ccccc23)c(C)c1. The molecule has 0 unspecified atom stereocenters. The number of halogens is 1. The van der Waals surface area contributed by atoms with Gasteiger partial charge in [-0.2, -0.15) is 5.10 Å². The molecule has 0 bridgehead atoms. The first-order chi connectivity index (χ1) is 16.0. The standard InChI is InChI=1S/C28H25ClN2O2/c1-19-11-12-22(20(2)15-19)16-28(32)31-30-17-25-24-9-5-3-7-21(24)13-14-27(25)33-18-23-8-4-6-10-26(23)29/h3-15,17H,16,18H2,1-2H3,(H,31,32)/b30-17-. The molecule has 4 rings (SSSR count). The summed E-state index contributed by atoms with van der Waals surface area (Å²) < 4.78 is 6.10. The van der Waals surface area contributed by atoms with E-state index >= 15 is 0 Å². The Balaban J connectivity index is 1.53. The van der Waals surface area contributed by atoms with Crippen LogP contribution in [0.4, 0.5) is 0 Å². The van der Waals surface area contributed by atoms with Crippen LogP contribution < -0.4 is 10.2 Å². The summed E-state index contributed by atoms with van der Waals surface area (Å²) >= 11 is 6.28. The Bertz CT molecular complexity index is 1330. The molecular weight excluding hydrogens is 432 g/mol.